The van der Waals surface area contributed by atoms with Crippen molar-refractivity contribution in [2.24, 2.45) is 11.8 Å². The third-order valence-electron chi connectivity index (χ3n) is 4.19. The molecule has 1 fully saturated rings. The van der Waals surface area contributed by atoms with Crippen molar-refractivity contribution in [3.8, 4) is 0 Å². The van der Waals surface area contributed by atoms with Gasteiger partial charge in [0.05, 0.1) is 12.2 Å². The predicted molar refractivity (Wildman–Crippen MR) is 74.3 cm³/mol. The number of rotatable bonds is 7. The highest BCUT2D eigenvalue weighted by Gasteiger charge is 2.26. The lowest BCUT2D eigenvalue weighted by Crippen LogP contribution is -2.35. The van der Waals surface area contributed by atoms with Crippen LogP contribution in [0, 0.1) is 11.8 Å². The quantitative estimate of drug-likeness (QED) is 0.688. The molecule has 1 N–H and O–H groups in total. The van der Waals surface area contributed by atoms with Crippen molar-refractivity contribution in [3.05, 3.63) is 0 Å². The normalized spacial score (nSPS) is 31.4. The molecule has 0 radical (unpaired) electrons. The molecule has 4 atom stereocenters. The molecule has 0 aromatic carbocycles. The van der Waals surface area contributed by atoms with E-state index in [9.17, 15) is 0 Å². The third kappa shape index (κ3) is 5.39. The van der Waals surface area contributed by atoms with Gasteiger partial charge in [-0.05, 0) is 50.5 Å². The summed E-state index contributed by atoms with van der Waals surface area (Å²) in [6, 6.07) is 0. The number of ether oxygens (including phenoxy) is 1. The minimum Gasteiger partial charge on any atom is -0.374 e. The van der Waals surface area contributed by atoms with E-state index in [0.717, 1.165) is 31.3 Å². The number of nitrogens with one attached hydrogen (secondary N) is 1. The van der Waals surface area contributed by atoms with Crippen molar-refractivity contribution in [3.63, 3.8) is 0 Å². The van der Waals surface area contributed by atoms with E-state index >= 15 is 0 Å². The zero-order valence-electron chi connectivity index (χ0n) is 12.2. The predicted octanol–water partition coefficient (Wildman–Crippen LogP) is 3.61. The van der Waals surface area contributed by atoms with Gasteiger partial charge in [-0.15, -0.1) is 0 Å². The molecule has 4 unspecified atom stereocenters. The largest absolute Gasteiger partial charge is 0.374 e. The molecular weight excluding hydrogens is 210 g/mol. The summed E-state index contributed by atoms with van der Waals surface area (Å²) in [4.78, 5) is 0. The van der Waals surface area contributed by atoms with Crippen LogP contribution in [-0.4, -0.2) is 25.3 Å². The summed E-state index contributed by atoms with van der Waals surface area (Å²) in [6.45, 7) is 11.3. The van der Waals surface area contributed by atoms with Crippen molar-refractivity contribution in [2.45, 2.75) is 72.0 Å². The van der Waals surface area contributed by atoms with E-state index in [-0.39, 0.29) is 0 Å². The van der Waals surface area contributed by atoms with Crippen LogP contribution in [-0.2, 0) is 4.74 Å². The Balaban J connectivity index is 2.25. The molecule has 2 nitrogen and oxygen atoms in total. The fourth-order valence-electron chi connectivity index (χ4n) is 2.62. The minimum atomic E-state index is 0.409. The highest BCUT2D eigenvalue weighted by Crippen LogP contribution is 2.31. The Morgan fingerprint density at radius 2 is 1.94 bits per heavy atom. The Morgan fingerprint density at radius 3 is 2.53 bits per heavy atom. The van der Waals surface area contributed by atoms with Gasteiger partial charge < -0.3 is 10.1 Å². The Hall–Kier alpha value is -0.0800. The fourth-order valence-corrected chi connectivity index (χ4v) is 2.62. The molecule has 1 aliphatic rings. The molecule has 0 bridgehead atoms. The SMILES string of the molecule is CCCNCC(CC)OC1CCC(C)C(C)C1. The Bertz CT molecular complexity index is 195. The zero-order valence-corrected chi connectivity index (χ0v) is 12.2. The second-order valence-electron chi connectivity index (χ2n) is 5.76. The molecule has 0 heterocycles. The molecule has 0 aromatic rings. The van der Waals surface area contributed by atoms with Gasteiger partial charge >= 0.3 is 0 Å². The zero-order chi connectivity index (χ0) is 12.7. The first-order chi connectivity index (χ1) is 8.17. The van der Waals surface area contributed by atoms with Gasteiger partial charge in [0, 0.05) is 6.54 Å². The lowest BCUT2D eigenvalue weighted by molar-refractivity contribution is -0.0473. The van der Waals surface area contributed by atoms with Crippen LogP contribution in [0.4, 0.5) is 0 Å². The molecular formula is C15H31NO. The summed E-state index contributed by atoms with van der Waals surface area (Å²) in [6.07, 6.45) is 7.10. The van der Waals surface area contributed by atoms with E-state index in [1.165, 1.54) is 25.7 Å². The second-order valence-corrected chi connectivity index (χ2v) is 5.76. The van der Waals surface area contributed by atoms with Crippen molar-refractivity contribution in [1.29, 1.82) is 0 Å². The van der Waals surface area contributed by atoms with Crippen LogP contribution in [0.15, 0.2) is 0 Å². The Kier molecular flexibility index (Phi) is 7.14. The topological polar surface area (TPSA) is 21.3 Å². The number of hydrogen-bond donors (Lipinski definition) is 1. The van der Waals surface area contributed by atoms with Gasteiger partial charge in [0.2, 0.25) is 0 Å². The Labute approximate surface area is 108 Å². The third-order valence-corrected chi connectivity index (χ3v) is 4.19. The summed E-state index contributed by atoms with van der Waals surface area (Å²) in [5, 5.41) is 3.47. The smallest absolute Gasteiger partial charge is 0.0700 e. The lowest BCUT2D eigenvalue weighted by Gasteiger charge is -2.34. The molecule has 17 heavy (non-hydrogen) atoms. The minimum absolute atomic E-state index is 0.409. The molecule has 102 valence electrons. The van der Waals surface area contributed by atoms with E-state index < -0.39 is 0 Å². The van der Waals surface area contributed by atoms with E-state index in [4.69, 9.17) is 4.74 Å². The number of hydrogen-bond acceptors (Lipinski definition) is 2. The van der Waals surface area contributed by atoms with Crippen LogP contribution in [0.25, 0.3) is 0 Å². The van der Waals surface area contributed by atoms with Gasteiger partial charge in [0.25, 0.3) is 0 Å². The van der Waals surface area contributed by atoms with Crippen LogP contribution in [0.1, 0.15) is 59.8 Å². The molecule has 0 spiro atoms. The summed E-state index contributed by atoms with van der Waals surface area (Å²) < 4.78 is 6.24. The van der Waals surface area contributed by atoms with Gasteiger partial charge in [0.15, 0.2) is 0 Å². The van der Waals surface area contributed by atoms with Gasteiger partial charge in [-0.2, -0.15) is 0 Å². The first kappa shape index (κ1) is 15.0. The first-order valence-corrected chi connectivity index (χ1v) is 7.53. The highest BCUT2D eigenvalue weighted by molar-refractivity contribution is 4.77. The summed E-state index contributed by atoms with van der Waals surface area (Å²) in [5.41, 5.74) is 0. The monoisotopic (exact) mass is 241 g/mol. The van der Waals surface area contributed by atoms with Crippen LogP contribution < -0.4 is 5.32 Å². The molecule has 2 heteroatoms. The van der Waals surface area contributed by atoms with Gasteiger partial charge in [-0.1, -0.05) is 27.7 Å². The van der Waals surface area contributed by atoms with E-state index in [1.54, 1.807) is 0 Å². The molecule has 0 aliphatic heterocycles. The molecule has 0 saturated heterocycles. The van der Waals surface area contributed by atoms with Crippen molar-refractivity contribution < 1.29 is 4.74 Å². The van der Waals surface area contributed by atoms with Crippen LogP contribution in [0.2, 0.25) is 0 Å². The standard InChI is InChI=1S/C15H31NO/c1-5-9-16-11-14(6-2)17-15-8-7-12(3)13(4)10-15/h12-16H,5-11H2,1-4H3. The van der Waals surface area contributed by atoms with Crippen molar-refractivity contribution in [2.75, 3.05) is 13.1 Å². The maximum absolute atomic E-state index is 6.24. The summed E-state index contributed by atoms with van der Waals surface area (Å²) >= 11 is 0. The van der Waals surface area contributed by atoms with Gasteiger partial charge in [-0.3, -0.25) is 0 Å². The van der Waals surface area contributed by atoms with Crippen LogP contribution in [0.3, 0.4) is 0 Å². The fraction of sp³-hybridized carbons (Fsp3) is 1.00. The van der Waals surface area contributed by atoms with Gasteiger partial charge in [-0.25, -0.2) is 0 Å². The molecule has 1 rings (SSSR count). The van der Waals surface area contributed by atoms with Crippen LogP contribution in [0.5, 0.6) is 0 Å². The van der Waals surface area contributed by atoms with E-state index in [0.29, 0.717) is 12.2 Å². The maximum atomic E-state index is 6.24. The highest BCUT2D eigenvalue weighted by atomic mass is 16.5. The van der Waals surface area contributed by atoms with E-state index in [2.05, 4.69) is 33.0 Å². The van der Waals surface area contributed by atoms with Gasteiger partial charge in [0.1, 0.15) is 0 Å². The average molecular weight is 241 g/mol. The second kappa shape index (κ2) is 8.10. The first-order valence-electron chi connectivity index (χ1n) is 7.53. The van der Waals surface area contributed by atoms with Crippen LogP contribution >= 0.6 is 0 Å². The lowest BCUT2D eigenvalue weighted by atomic mass is 9.80. The summed E-state index contributed by atoms with van der Waals surface area (Å²) in [7, 11) is 0. The van der Waals surface area contributed by atoms with Crippen molar-refractivity contribution >= 4 is 0 Å². The molecule has 0 aromatic heterocycles. The molecule has 1 aliphatic carbocycles. The maximum Gasteiger partial charge on any atom is 0.0700 e. The average Bonchev–Trinajstić information content (AvgIpc) is 2.32. The molecule has 0 amide bonds. The molecule has 1 saturated carbocycles. The summed E-state index contributed by atoms with van der Waals surface area (Å²) in [5.74, 6) is 1.71. The van der Waals surface area contributed by atoms with Crippen molar-refractivity contribution in [1.82, 2.24) is 5.32 Å². The Morgan fingerprint density at radius 1 is 1.18 bits per heavy atom. The van der Waals surface area contributed by atoms with E-state index in [1.807, 2.05) is 0 Å².